The normalized spacial score (nSPS) is 20.2. The van der Waals surface area contributed by atoms with Crippen molar-refractivity contribution in [1.82, 2.24) is 25.0 Å². The average molecular weight is 413 g/mol. The molecule has 0 unspecified atom stereocenters. The van der Waals surface area contributed by atoms with E-state index < -0.39 is 0 Å². The second-order valence-corrected chi connectivity index (χ2v) is 8.25. The number of nitrogens with zero attached hydrogens (tertiary/aromatic N) is 4. The lowest BCUT2D eigenvalue weighted by Crippen LogP contribution is -2.34. The Labute approximate surface area is 175 Å². The Kier molecular flexibility index (Phi) is 5.83. The van der Waals surface area contributed by atoms with E-state index >= 15 is 0 Å². The summed E-state index contributed by atoms with van der Waals surface area (Å²) in [4.78, 5) is 27.5. The number of rotatable bonds is 6. The van der Waals surface area contributed by atoms with Gasteiger partial charge in [-0.2, -0.15) is 0 Å². The van der Waals surface area contributed by atoms with E-state index in [9.17, 15) is 14.0 Å². The summed E-state index contributed by atoms with van der Waals surface area (Å²) in [5.74, 6) is 1.32. The van der Waals surface area contributed by atoms with Crippen LogP contribution in [0.2, 0.25) is 0 Å². The van der Waals surface area contributed by atoms with Gasteiger partial charge in [0, 0.05) is 38.0 Å². The van der Waals surface area contributed by atoms with E-state index in [-0.39, 0.29) is 29.5 Å². The van der Waals surface area contributed by atoms with Gasteiger partial charge in [-0.1, -0.05) is 26.0 Å². The molecule has 4 rings (SSSR count). The average Bonchev–Trinajstić information content (AvgIpc) is 3.38. The van der Waals surface area contributed by atoms with Gasteiger partial charge < -0.3 is 14.8 Å². The number of amides is 2. The first kappa shape index (κ1) is 20.5. The lowest BCUT2D eigenvalue weighted by Gasteiger charge is -2.24. The number of hydrogen-bond acceptors (Lipinski definition) is 4. The molecule has 1 aromatic heterocycles. The molecular formula is C22H28FN5O2. The van der Waals surface area contributed by atoms with E-state index in [0.717, 1.165) is 37.2 Å². The standard InChI is InChI=1S/C22H28FN5O2/c1-3-15(4-2)22(30)27-12-16-9-10-28-19(18(16)13-27)25-26-20(28)21(29)24-11-14-5-7-17(23)8-6-14/h5-8,15-16,18H,3-4,9-13H2,1-2H3,(H,24,29)/t16-,18-/m1/s1. The van der Waals surface area contributed by atoms with E-state index in [1.54, 1.807) is 12.1 Å². The van der Waals surface area contributed by atoms with E-state index in [4.69, 9.17) is 0 Å². The maximum absolute atomic E-state index is 13.0. The van der Waals surface area contributed by atoms with Gasteiger partial charge in [-0.3, -0.25) is 9.59 Å². The Balaban J connectivity index is 1.44. The molecule has 1 aromatic carbocycles. The van der Waals surface area contributed by atoms with Crippen LogP contribution in [-0.2, 0) is 17.9 Å². The first-order valence-corrected chi connectivity index (χ1v) is 10.8. The van der Waals surface area contributed by atoms with Crippen molar-refractivity contribution in [3.8, 4) is 0 Å². The Morgan fingerprint density at radius 2 is 1.90 bits per heavy atom. The molecule has 0 radical (unpaired) electrons. The highest BCUT2D eigenvalue weighted by Gasteiger charge is 2.43. The van der Waals surface area contributed by atoms with Gasteiger partial charge in [0.15, 0.2) is 0 Å². The zero-order valence-electron chi connectivity index (χ0n) is 17.5. The van der Waals surface area contributed by atoms with Gasteiger partial charge in [0.2, 0.25) is 11.7 Å². The second kappa shape index (κ2) is 8.53. The van der Waals surface area contributed by atoms with Crippen LogP contribution in [0.25, 0.3) is 0 Å². The van der Waals surface area contributed by atoms with Crippen LogP contribution in [-0.4, -0.2) is 44.6 Å². The van der Waals surface area contributed by atoms with Crippen molar-refractivity contribution in [1.29, 1.82) is 0 Å². The summed E-state index contributed by atoms with van der Waals surface area (Å²) in [5.41, 5.74) is 0.814. The van der Waals surface area contributed by atoms with Gasteiger partial charge in [-0.25, -0.2) is 4.39 Å². The smallest absolute Gasteiger partial charge is 0.289 e. The molecule has 0 saturated carbocycles. The highest BCUT2D eigenvalue weighted by atomic mass is 19.1. The minimum absolute atomic E-state index is 0.0795. The summed E-state index contributed by atoms with van der Waals surface area (Å²) in [7, 11) is 0. The van der Waals surface area contributed by atoms with Crippen LogP contribution >= 0.6 is 0 Å². The van der Waals surface area contributed by atoms with Gasteiger partial charge in [0.1, 0.15) is 11.6 Å². The third-order valence-electron chi connectivity index (χ3n) is 6.49. The van der Waals surface area contributed by atoms with E-state index in [2.05, 4.69) is 29.4 Å². The number of nitrogens with one attached hydrogen (secondary N) is 1. The fraction of sp³-hybridized carbons (Fsp3) is 0.545. The minimum Gasteiger partial charge on any atom is -0.345 e. The number of carbonyl (C=O) groups excluding carboxylic acids is 2. The van der Waals surface area contributed by atoms with Crippen molar-refractivity contribution in [2.24, 2.45) is 11.8 Å². The highest BCUT2D eigenvalue weighted by Crippen LogP contribution is 2.39. The fourth-order valence-corrected chi connectivity index (χ4v) is 4.67. The molecule has 8 heteroatoms. The largest absolute Gasteiger partial charge is 0.345 e. The predicted molar refractivity (Wildman–Crippen MR) is 109 cm³/mol. The first-order valence-electron chi connectivity index (χ1n) is 10.8. The third kappa shape index (κ3) is 3.82. The molecule has 2 amide bonds. The van der Waals surface area contributed by atoms with Crippen LogP contribution in [0.15, 0.2) is 24.3 Å². The zero-order chi connectivity index (χ0) is 21.3. The predicted octanol–water partition coefficient (Wildman–Crippen LogP) is 2.73. The van der Waals surface area contributed by atoms with E-state index in [1.807, 2.05) is 9.47 Å². The van der Waals surface area contributed by atoms with Crippen molar-refractivity contribution in [3.05, 3.63) is 47.3 Å². The van der Waals surface area contributed by atoms with Crippen LogP contribution in [0.4, 0.5) is 4.39 Å². The molecular weight excluding hydrogens is 385 g/mol. The maximum Gasteiger partial charge on any atom is 0.289 e. The Hall–Kier alpha value is -2.77. The van der Waals surface area contributed by atoms with Crippen molar-refractivity contribution < 1.29 is 14.0 Å². The molecule has 0 bridgehead atoms. The highest BCUT2D eigenvalue weighted by molar-refractivity contribution is 5.90. The van der Waals surface area contributed by atoms with Gasteiger partial charge in [0.05, 0.1) is 0 Å². The molecule has 1 fully saturated rings. The monoisotopic (exact) mass is 413 g/mol. The molecule has 2 aliphatic rings. The quantitative estimate of drug-likeness (QED) is 0.790. The topological polar surface area (TPSA) is 80.1 Å². The van der Waals surface area contributed by atoms with Gasteiger partial charge >= 0.3 is 0 Å². The maximum atomic E-state index is 13.0. The molecule has 0 spiro atoms. The number of halogens is 1. The van der Waals surface area contributed by atoms with Gasteiger partial charge in [-0.05, 0) is 42.9 Å². The number of fused-ring (bicyclic) bond motifs is 3. The van der Waals surface area contributed by atoms with Crippen LogP contribution in [0, 0.1) is 17.7 Å². The van der Waals surface area contributed by atoms with Crippen LogP contribution < -0.4 is 5.32 Å². The lowest BCUT2D eigenvalue weighted by molar-refractivity contribution is -0.134. The van der Waals surface area contributed by atoms with Crippen molar-refractivity contribution in [2.75, 3.05) is 13.1 Å². The second-order valence-electron chi connectivity index (χ2n) is 8.25. The Morgan fingerprint density at radius 3 is 2.60 bits per heavy atom. The van der Waals surface area contributed by atoms with Crippen LogP contribution in [0.1, 0.15) is 61.0 Å². The fourth-order valence-electron chi connectivity index (χ4n) is 4.67. The lowest BCUT2D eigenvalue weighted by atomic mass is 9.89. The summed E-state index contributed by atoms with van der Waals surface area (Å²) < 4.78 is 14.9. The summed E-state index contributed by atoms with van der Waals surface area (Å²) in [6.07, 6.45) is 2.62. The molecule has 1 saturated heterocycles. The number of aromatic nitrogens is 3. The Morgan fingerprint density at radius 1 is 1.17 bits per heavy atom. The number of likely N-dealkylation sites (tertiary alicyclic amines) is 1. The van der Waals surface area contributed by atoms with Crippen molar-refractivity contribution in [2.45, 2.75) is 52.1 Å². The molecule has 0 aliphatic carbocycles. The molecule has 160 valence electrons. The van der Waals surface area contributed by atoms with Crippen LogP contribution in [0.3, 0.4) is 0 Å². The molecule has 30 heavy (non-hydrogen) atoms. The molecule has 2 aromatic rings. The van der Waals surface area contributed by atoms with E-state index in [1.165, 1.54) is 12.1 Å². The number of carbonyl (C=O) groups is 2. The van der Waals surface area contributed by atoms with Crippen LogP contribution in [0.5, 0.6) is 0 Å². The molecule has 3 heterocycles. The summed E-state index contributed by atoms with van der Waals surface area (Å²) in [6, 6.07) is 6.03. The molecule has 7 nitrogen and oxygen atoms in total. The summed E-state index contributed by atoms with van der Waals surface area (Å²) in [6.45, 7) is 6.50. The summed E-state index contributed by atoms with van der Waals surface area (Å²) >= 11 is 0. The molecule has 1 N–H and O–H groups in total. The van der Waals surface area contributed by atoms with Crippen molar-refractivity contribution in [3.63, 3.8) is 0 Å². The molecule has 2 aliphatic heterocycles. The number of hydrogen-bond donors (Lipinski definition) is 1. The van der Waals surface area contributed by atoms with Gasteiger partial charge in [-0.15, -0.1) is 10.2 Å². The zero-order valence-corrected chi connectivity index (χ0v) is 17.5. The van der Waals surface area contributed by atoms with E-state index in [0.29, 0.717) is 31.4 Å². The SMILES string of the molecule is CCC(CC)C(=O)N1C[C@H]2CCn3c(C(=O)NCc4ccc(F)cc4)nnc3[C@@H]2C1. The van der Waals surface area contributed by atoms with Crippen molar-refractivity contribution >= 4 is 11.8 Å². The Bertz CT molecular complexity index is 922. The first-order chi connectivity index (χ1) is 14.5. The number of benzene rings is 1. The summed E-state index contributed by atoms with van der Waals surface area (Å²) in [5, 5.41) is 11.3. The minimum atomic E-state index is -0.306. The third-order valence-corrected chi connectivity index (χ3v) is 6.49. The van der Waals surface area contributed by atoms with Gasteiger partial charge in [0.25, 0.3) is 5.91 Å². The molecule has 2 atom stereocenters.